The van der Waals surface area contributed by atoms with Crippen LogP contribution in [0.1, 0.15) is 22.3 Å². The maximum absolute atomic E-state index is 14.9. The van der Waals surface area contributed by atoms with E-state index >= 15 is 0 Å². The van der Waals surface area contributed by atoms with E-state index in [1.165, 1.54) is 25.6 Å². The lowest BCUT2D eigenvalue weighted by atomic mass is 10.0. The number of pyridine rings is 1. The SMILES string of the molecule is COc1cnc2[nH]cc(C(=O)c3c(F)ccc(NS(=O)(=O)CCC(F)(F)F)c3F)c2c1. The van der Waals surface area contributed by atoms with Crippen molar-refractivity contribution in [2.24, 2.45) is 0 Å². The standard InChI is InChI=1S/C18H14F5N3O4S/c1-30-9-6-10-11(8-25-17(10)24-7-9)16(27)14-12(19)2-3-13(15(14)20)26-31(28,29)5-4-18(21,22)23/h2-3,6-8,26H,4-5H2,1H3,(H,24,25). The van der Waals surface area contributed by atoms with E-state index in [2.05, 4.69) is 9.97 Å². The van der Waals surface area contributed by atoms with Crippen molar-refractivity contribution >= 4 is 32.5 Å². The molecule has 0 saturated carbocycles. The summed E-state index contributed by atoms with van der Waals surface area (Å²) in [7, 11) is -3.27. The lowest BCUT2D eigenvalue weighted by molar-refractivity contribution is -0.129. The van der Waals surface area contributed by atoms with Gasteiger partial charge in [-0.05, 0) is 18.2 Å². The number of sulfonamides is 1. The molecule has 2 heterocycles. The first kappa shape index (κ1) is 22.5. The van der Waals surface area contributed by atoms with Gasteiger partial charge in [0, 0.05) is 17.1 Å². The number of anilines is 1. The predicted octanol–water partition coefficient (Wildman–Crippen LogP) is 3.77. The normalized spacial score (nSPS) is 12.2. The number of alkyl halides is 3. The highest BCUT2D eigenvalue weighted by atomic mass is 32.2. The molecule has 0 bridgehead atoms. The van der Waals surface area contributed by atoms with Gasteiger partial charge in [-0.25, -0.2) is 22.2 Å². The maximum atomic E-state index is 14.9. The van der Waals surface area contributed by atoms with E-state index < -0.39 is 57.0 Å². The lowest BCUT2D eigenvalue weighted by Gasteiger charge is -2.12. The summed E-state index contributed by atoms with van der Waals surface area (Å²) in [6.07, 6.45) is -3.90. The van der Waals surface area contributed by atoms with Crippen molar-refractivity contribution in [1.82, 2.24) is 9.97 Å². The second-order valence-corrected chi connectivity index (χ2v) is 8.21. The Morgan fingerprint density at radius 3 is 2.61 bits per heavy atom. The summed E-state index contributed by atoms with van der Waals surface area (Å²) in [5, 5.41) is 0.194. The zero-order chi connectivity index (χ0) is 23.0. The molecule has 31 heavy (non-hydrogen) atoms. The van der Waals surface area contributed by atoms with E-state index in [4.69, 9.17) is 4.74 Å². The van der Waals surface area contributed by atoms with Gasteiger partial charge < -0.3 is 9.72 Å². The number of methoxy groups -OCH3 is 1. The fourth-order valence-electron chi connectivity index (χ4n) is 2.73. The molecule has 0 aliphatic carbocycles. The van der Waals surface area contributed by atoms with E-state index in [-0.39, 0.29) is 22.3 Å². The van der Waals surface area contributed by atoms with E-state index in [1.54, 1.807) is 4.72 Å². The second kappa shape index (κ2) is 8.13. The highest BCUT2D eigenvalue weighted by molar-refractivity contribution is 7.92. The Balaban J connectivity index is 1.99. The van der Waals surface area contributed by atoms with Gasteiger partial charge in [0.1, 0.15) is 17.2 Å². The van der Waals surface area contributed by atoms with Crippen molar-refractivity contribution in [2.45, 2.75) is 12.6 Å². The Labute approximate surface area is 172 Å². The van der Waals surface area contributed by atoms with Crippen LogP contribution in [-0.4, -0.2) is 43.2 Å². The summed E-state index contributed by atoms with van der Waals surface area (Å²) in [6.45, 7) is 0. The predicted molar refractivity (Wildman–Crippen MR) is 101 cm³/mol. The minimum atomic E-state index is -4.75. The van der Waals surface area contributed by atoms with Gasteiger partial charge in [0.2, 0.25) is 15.8 Å². The number of ketones is 1. The summed E-state index contributed by atoms with van der Waals surface area (Å²) in [5.74, 6) is -5.08. The molecule has 0 fully saturated rings. The summed E-state index contributed by atoms with van der Waals surface area (Å²) in [6, 6.07) is 2.71. The van der Waals surface area contributed by atoms with Crippen LogP contribution in [0.2, 0.25) is 0 Å². The van der Waals surface area contributed by atoms with E-state index in [0.717, 1.165) is 0 Å². The molecule has 166 valence electrons. The van der Waals surface area contributed by atoms with Crippen LogP contribution in [0.4, 0.5) is 27.6 Å². The van der Waals surface area contributed by atoms with Crippen molar-refractivity contribution in [2.75, 3.05) is 17.6 Å². The van der Waals surface area contributed by atoms with Crippen LogP contribution < -0.4 is 9.46 Å². The molecule has 3 rings (SSSR count). The third-order valence-corrected chi connectivity index (χ3v) is 5.50. The largest absolute Gasteiger partial charge is 0.495 e. The van der Waals surface area contributed by atoms with Crippen LogP contribution in [0.15, 0.2) is 30.6 Å². The topological polar surface area (TPSA) is 101 Å². The van der Waals surface area contributed by atoms with Crippen LogP contribution in [0.5, 0.6) is 5.75 Å². The fourth-order valence-corrected chi connectivity index (χ4v) is 3.82. The smallest absolute Gasteiger partial charge is 0.390 e. The summed E-state index contributed by atoms with van der Waals surface area (Å²) in [5.41, 5.74) is -1.88. The summed E-state index contributed by atoms with van der Waals surface area (Å²) < 4.78 is 96.4. The van der Waals surface area contributed by atoms with Gasteiger partial charge in [-0.15, -0.1) is 0 Å². The molecule has 0 unspecified atom stereocenters. The molecule has 2 N–H and O–H groups in total. The number of carbonyl (C=O) groups is 1. The number of benzene rings is 1. The number of nitrogens with one attached hydrogen (secondary N) is 2. The first-order valence-corrected chi connectivity index (χ1v) is 10.2. The molecule has 0 saturated heterocycles. The average Bonchev–Trinajstić information content (AvgIpc) is 3.11. The first-order chi connectivity index (χ1) is 14.4. The van der Waals surface area contributed by atoms with E-state index in [1.807, 2.05) is 0 Å². The van der Waals surface area contributed by atoms with Crippen molar-refractivity contribution in [1.29, 1.82) is 0 Å². The molecule has 13 heteroatoms. The third-order valence-electron chi connectivity index (χ3n) is 4.22. The minimum absolute atomic E-state index is 0.170. The Kier molecular flexibility index (Phi) is 5.89. The quantitative estimate of drug-likeness (QED) is 0.410. The second-order valence-electron chi connectivity index (χ2n) is 6.37. The summed E-state index contributed by atoms with van der Waals surface area (Å²) >= 11 is 0. The molecule has 0 radical (unpaired) electrons. The van der Waals surface area contributed by atoms with Crippen LogP contribution >= 0.6 is 0 Å². The number of rotatable bonds is 7. The van der Waals surface area contributed by atoms with Gasteiger partial charge in [-0.1, -0.05) is 0 Å². The molecule has 3 aromatic rings. The van der Waals surface area contributed by atoms with Crippen molar-refractivity contribution in [3.8, 4) is 5.75 Å². The molecule has 0 spiro atoms. The Bertz CT molecular complexity index is 1260. The van der Waals surface area contributed by atoms with Gasteiger partial charge in [0.05, 0.1) is 36.7 Å². The van der Waals surface area contributed by atoms with Gasteiger partial charge in [0.15, 0.2) is 5.82 Å². The van der Waals surface area contributed by atoms with Crippen molar-refractivity contribution in [3.05, 3.63) is 53.4 Å². The van der Waals surface area contributed by atoms with Gasteiger partial charge in [0.25, 0.3) is 0 Å². The van der Waals surface area contributed by atoms with E-state index in [0.29, 0.717) is 12.1 Å². The summed E-state index contributed by atoms with van der Waals surface area (Å²) in [4.78, 5) is 19.5. The Hall–Kier alpha value is -3.22. The van der Waals surface area contributed by atoms with Crippen LogP contribution in [-0.2, 0) is 10.0 Å². The number of H-pyrrole nitrogens is 1. The monoisotopic (exact) mass is 463 g/mol. The van der Waals surface area contributed by atoms with Crippen LogP contribution in [0.25, 0.3) is 11.0 Å². The van der Waals surface area contributed by atoms with Crippen molar-refractivity contribution in [3.63, 3.8) is 0 Å². The molecule has 0 aliphatic heterocycles. The van der Waals surface area contributed by atoms with Crippen LogP contribution in [0.3, 0.4) is 0 Å². The van der Waals surface area contributed by atoms with Gasteiger partial charge >= 0.3 is 6.18 Å². The van der Waals surface area contributed by atoms with Crippen molar-refractivity contribution < 1.29 is 39.9 Å². The molecular formula is C18H14F5N3O4S. The maximum Gasteiger partial charge on any atom is 0.390 e. The molecule has 0 amide bonds. The highest BCUT2D eigenvalue weighted by Gasteiger charge is 2.31. The number of nitrogens with zero attached hydrogens (tertiary/aromatic N) is 1. The molecule has 1 aromatic carbocycles. The number of aromatic amines is 1. The Morgan fingerprint density at radius 2 is 1.97 bits per heavy atom. The minimum Gasteiger partial charge on any atom is -0.495 e. The number of aromatic nitrogens is 2. The first-order valence-electron chi connectivity index (χ1n) is 8.53. The third kappa shape index (κ3) is 4.93. The van der Waals surface area contributed by atoms with E-state index in [9.17, 15) is 35.2 Å². The number of fused-ring (bicyclic) bond motifs is 1. The molecule has 0 atom stereocenters. The highest BCUT2D eigenvalue weighted by Crippen LogP contribution is 2.29. The zero-order valence-corrected chi connectivity index (χ0v) is 16.5. The number of hydrogen-bond donors (Lipinski definition) is 2. The number of halogens is 5. The molecule has 2 aromatic heterocycles. The number of ether oxygens (including phenoxy) is 1. The number of hydrogen-bond acceptors (Lipinski definition) is 5. The number of carbonyl (C=O) groups excluding carboxylic acids is 1. The average molecular weight is 463 g/mol. The zero-order valence-electron chi connectivity index (χ0n) is 15.7. The van der Waals surface area contributed by atoms with Gasteiger partial charge in [-0.2, -0.15) is 13.2 Å². The lowest BCUT2D eigenvalue weighted by Crippen LogP contribution is -2.23. The molecule has 0 aliphatic rings. The fraction of sp³-hybridized carbons (Fsp3) is 0.222. The molecule has 7 nitrogen and oxygen atoms in total. The van der Waals surface area contributed by atoms with Gasteiger partial charge in [-0.3, -0.25) is 9.52 Å². The van der Waals surface area contributed by atoms with Crippen LogP contribution in [0, 0.1) is 11.6 Å². The molecular weight excluding hydrogens is 449 g/mol. The Morgan fingerprint density at radius 1 is 1.26 bits per heavy atom.